The molecule has 0 aromatic heterocycles. The standard InChI is InChI=1S/C41H71O11P/c1-3-5-7-8-9-10-11-12-13-14-15-16-17-18-23-27-40(45)50-32-35(33-51-53(47,48)49)52-41(46)28-24-20-19-22-26-36-37(39(44)31-38(36)43)30-29-34(42)25-21-6-4-2/h12-13,19,22,29-30,34-37,39,42,44H,3-11,14-18,20-21,23-28,31-33H2,1-2H3,(H2,47,48,49)/b13-12-,22-19-,30-29+/t34-,35+,36+,37+,39+/m0/s1. The van der Waals surface area contributed by atoms with Crippen molar-refractivity contribution in [3.8, 4) is 0 Å². The van der Waals surface area contributed by atoms with Crippen molar-refractivity contribution in [1.82, 2.24) is 0 Å². The fourth-order valence-electron chi connectivity index (χ4n) is 6.35. The number of aliphatic hydroxyl groups is 2. The highest BCUT2D eigenvalue weighted by Gasteiger charge is 2.39. The number of phosphoric ester groups is 1. The molecule has 0 aromatic carbocycles. The molecule has 0 amide bonds. The minimum Gasteiger partial charge on any atom is -0.462 e. The molecule has 1 aliphatic carbocycles. The molecular formula is C41H71O11P. The van der Waals surface area contributed by atoms with Crippen molar-refractivity contribution in [2.75, 3.05) is 13.2 Å². The lowest BCUT2D eigenvalue weighted by molar-refractivity contribution is -0.161. The molecule has 1 saturated carbocycles. The smallest absolute Gasteiger partial charge is 0.462 e. The average Bonchev–Trinajstić information content (AvgIpc) is 3.38. The molecule has 11 nitrogen and oxygen atoms in total. The highest BCUT2D eigenvalue weighted by Crippen LogP contribution is 2.36. The lowest BCUT2D eigenvalue weighted by atomic mass is 9.90. The van der Waals surface area contributed by atoms with Gasteiger partial charge in [-0.05, 0) is 57.8 Å². The summed E-state index contributed by atoms with van der Waals surface area (Å²) in [6, 6.07) is 0. The molecule has 0 aromatic rings. The van der Waals surface area contributed by atoms with Gasteiger partial charge in [0.1, 0.15) is 12.4 Å². The number of unbranched alkanes of at least 4 members (excludes halogenated alkanes) is 14. The molecule has 12 heteroatoms. The van der Waals surface area contributed by atoms with Crippen molar-refractivity contribution < 1.29 is 52.9 Å². The third-order valence-electron chi connectivity index (χ3n) is 9.50. The topological polar surface area (TPSA) is 177 Å². The van der Waals surface area contributed by atoms with Gasteiger partial charge in [-0.3, -0.25) is 18.9 Å². The van der Waals surface area contributed by atoms with Gasteiger partial charge >= 0.3 is 19.8 Å². The second-order valence-corrected chi connectivity index (χ2v) is 15.6. The van der Waals surface area contributed by atoms with Gasteiger partial charge in [-0.1, -0.05) is 121 Å². The first-order chi connectivity index (χ1) is 25.5. The Morgan fingerprint density at radius 2 is 1.34 bits per heavy atom. The molecule has 1 fully saturated rings. The van der Waals surface area contributed by atoms with Crippen LogP contribution in [-0.4, -0.2) is 69.2 Å². The van der Waals surface area contributed by atoms with Crippen molar-refractivity contribution in [2.24, 2.45) is 11.8 Å². The maximum absolute atomic E-state index is 12.5. The number of allylic oxidation sites excluding steroid dienone is 4. The maximum Gasteiger partial charge on any atom is 0.469 e. The van der Waals surface area contributed by atoms with E-state index in [-0.39, 0.29) is 43.5 Å². The van der Waals surface area contributed by atoms with Gasteiger partial charge in [0.05, 0.1) is 18.8 Å². The van der Waals surface area contributed by atoms with Crippen LogP contribution in [0.2, 0.25) is 0 Å². The molecule has 1 aliphatic rings. The number of carbonyl (C=O) groups is 3. The number of hydrogen-bond donors (Lipinski definition) is 4. The Bertz CT molecular complexity index is 1120. The van der Waals surface area contributed by atoms with Gasteiger partial charge in [0.25, 0.3) is 0 Å². The lowest BCUT2D eigenvalue weighted by Crippen LogP contribution is -2.29. The summed E-state index contributed by atoms with van der Waals surface area (Å²) in [7, 11) is -4.83. The van der Waals surface area contributed by atoms with Crippen LogP contribution < -0.4 is 0 Å². The molecule has 306 valence electrons. The molecule has 0 unspecified atom stereocenters. The van der Waals surface area contributed by atoms with Gasteiger partial charge in [0.2, 0.25) is 0 Å². The normalized spacial score (nSPS) is 19.1. The van der Waals surface area contributed by atoms with Crippen LogP contribution in [0.25, 0.3) is 0 Å². The summed E-state index contributed by atoms with van der Waals surface area (Å²) in [5.74, 6) is -1.84. The summed E-state index contributed by atoms with van der Waals surface area (Å²) in [5.41, 5.74) is 0. The van der Waals surface area contributed by atoms with Crippen LogP contribution >= 0.6 is 7.82 Å². The number of Topliss-reactive ketones (excluding diaryl/α,β-unsaturated/α-hetero) is 1. The predicted molar refractivity (Wildman–Crippen MR) is 208 cm³/mol. The van der Waals surface area contributed by atoms with Gasteiger partial charge in [-0.25, -0.2) is 4.57 Å². The molecule has 4 N–H and O–H groups in total. The van der Waals surface area contributed by atoms with E-state index in [9.17, 15) is 29.2 Å². The van der Waals surface area contributed by atoms with Gasteiger partial charge in [0.15, 0.2) is 6.10 Å². The van der Waals surface area contributed by atoms with Crippen molar-refractivity contribution in [3.05, 3.63) is 36.5 Å². The first-order valence-electron chi connectivity index (χ1n) is 20.4. The van der Waals surface area contributed by atoms with E-state index in [0.717, 1.165) is 57.8 Å². The Kier molecular flexibility index (Phi) is 28.7. The van der Waals surface area contributed by atoms with E-state index in [1.165, 1.54) is 38.5 Å². The third kappa shape index (κ3) is 27.1. The largest absolute Gasteiger partial charge is 0.469 e. The molecule has 0 heterocycles. The van der Waals surface area contributed by atoms with Crippen LogP contribution in [0.4, 0.5) is 0 Å². The number of aliphatic hydroxyl groups excluding tert-OH is 2. The molecule has 5 atom stereocenters. The monoisotopic (exact) mass is 770 g/mol. The molecule has 53 heavy (non-hydrogen) atoms. The summed E-state index contributed by atoms with van der Waals surface area (Å²) in [6.45, 7) is 3.33. The van der Waals surface area contributed by atoms with Gasteiger partial charge in [-0.2, -0.15) is 0 Å². The SMILES string of the molecule is CCCCCCCC/C=C\CCCCCCCC(=O)OC[C@H](COP(=O)(O)O)OC(=O)CCC/C=C\C[C@H]1C(=O)C[C@@H](O)[C@@H]1/C=C/[C@@H](O)CCCCC. The zero-order valence-corrected chi connectivity index (χ0v) is 33.5. The number of rotatable bonds is 33. The highest BCUT2D eigenvalue weighted by atomic mass is 31.2. The Morgan fingerprint density at radius 3 is 2.00 bits per heavy atom. The summed E-state index contributed by atoms with van der Waals surface area (Å²) in [6.07, 6.45) is 29.4. The molecular weight excluding hydrogens is 699 g/mol. The Hall–Kier alpha value is -2.14. The molecule has 1 rings (SSSR count). The molecule has 0 bridgehead atoms. The minimum absolute atomic E-state index is 0.0158. The van der Waals surface area contributed by atoms with Gasteiger partial charge in [-0.15, -0.1) is 0 Å². The van der Waals surface area contributed by atoms with E-state index in [1.54, 1.807) is 12.2 Å². The van der Waals surface area contributed by atoms with Crippen LogP contribution in [-0.2, 0) is 32.9 Å². The average molecular weight is 771 g/mol. The van der Waals surface area contributed by atoms with E-state index in [2.05, 4.69) is 30.5 Å². The van der Waals surface area contributed by atoms with Crippen LogP contribution in [0.5, 0.6) is 0 Å². The van der Waals surface area contributed by atoms with Crippen LogP contribution in [0.15, 0.2) is 36.5 Å². The van der Waals surface area contributed by atoms with Crippen LogP contribution in [0.3, 0.4) is 0 Å². The van der Waals surface area contributed by atoms with Crippen molar-refractivity contribution in [3.63, 3.8) is 0 Å². The Labute approximate surface area is 319 Å². The predicted octanol–water partition coefficient (Wildman–Crippen LogP) is 8.77. The van der Waals surface area contributed by atoms with Gasteiger partial charge in [0, 0.05) is 31.1 Å². The van der Waals surface area contributed by atoms with E-state index in [1.807, 2.05) is 12.2 Å². The Morgan fingerprint density at radius 1 is 0.774 bits per heavy atom. The summed E-state index contributed by atoms with van der Waals surface area (Å²) >= 11 is 0. The molecule has 0 spiro atoms. The lowest BCUT2D eigenvalue weighted by Gasteiger charge is -2.18. The number of ketones is 1. The summed E-state index contributed by atoms with van der Waals surface area (Å²) in [5, 5.41) is 20.6. The van der Waals surface area contributed by atoms with E-state index in [0.29, 0.717) is 32.1 Å². The molecule has 0 saturated heterocycles. The second-order valence-electron chi connectivity index (χ2n) is 14.4. The fourth-order valence-corrected chi connectivity index (χ4v) is 6.71. The van der Waals surface area contributed by atoms with Crippen molar-refractivity contribution in [2.45, 2.75) is 180 Å². The quantitative estimate of drug-likeness (QED) is 0.0217. The van der Waals surface area contributed by atoms with E-state index < -0.39 is 44.7 Å². The summed E-state index contributed by atoms with van der Waals surface area (Å²) in [4.78, 5) is 55.5. The fraction of sp³-hybridized carbons (Fsp3) is 0.780. The number of hydrogen-bond acceptors (Lipinski definition) is 9. The maximum atomic E-state index is 12.5. The van der Waals surface area contributed by atoms with Crippen LogP contribution in [0.1, 0.15) is 162 Å². The zero-order chi connectivity index (χ0) is 39.2. The number of phosphoric acid groups is 1. The van der Waals surface area contributed by atoms with Gasteiger partial charge < -0.3 is 29.5 Å². The number of carbonyl (C=O) groups excluding carboxylic acids is 3. The third-order valence-corrected chi connectivity index (χ3v) is 9.99. The molecule has 0 aliphatic heterocycles. The zero-order valence-electron chi connectivity index (χ0n) is 32.6. The van der Waals surface area contributed by atoms with E-state index in [4.69, 9.17) is 19.3 Å². The number of esters is 2. The number of ether oxygens (including phenoxy) is 2. The summed E-state index contributed by atoms with van der Waals surface area (Å²) < 4.78 is 26.3. The molecule has 0 radical (unpaired) electrons. The second kappa shape index (κ2) is 31.1. The highest BCUT2D eigenvalue weighted by molar-refractivity contribution is 7.46. The van der Waals surface area contributed by atoms with Crippen molar-refractivity contribution in [1.29, 1.82) is 0 Å². The van der Waals surface area contributed by atoms with Crippen LogP contribution in [0, 0.1) is 11.8 Å². The first-order valence-corrected chi connectivity index (χ1v) is 21.9. The van der Waals surface area contributed by atoms with E-state index >= 15 is 0 Å². The van der Waals surface area contributed by atoms with Crippen molar-refractivity contribution >= 4 is 25.5 Å². The minimum atomic E-state index is -4.83. The Balaban J connectivity index is 2.32. The first kappa shape index (κ1) is 48.9.